The molecular formula is C14H26O10. The Hall–Kier alpha value is -0.400. The van der Waals surface area contributed by atoms with Gasteiger partial charge in [0.25, 0.3) is 0 Å². The molecule has 1 unspecified atom stereocenters. The molecule has 24 heavy (non-hydrogen) atoms. The molecule has 2 aliphatic heterocycles. The first-order valence-corrected chi connectivity index (χ1v) is 7.63. The molecule has 0 saturated carbocycles. The number of aliphatic hydroxyl groups is 4. The molecule has 0 radical (unpaired) electrons. The first-order chi connectivity index (χ1) is 11.4. The van der Waals surface area contributed by atoms with Gasteiger partial charge in [-0.2, -0.15) is 0 Å². The highest BCUT2D eigenvalue weighted by atomic mass is 16.7. The van der Waals surface area contributed by atoms with Crippen LogP contribution in [0, 0.1) is 0 Å². The summed E-state index contributed by atoms with van der Waals surface area (Å²) in [5.41, 5.74) is 0. The molecule has 2 saturated heterocycles. The fourth-order valence-electron chi connectivity index (χ4n) is 2.95. The summed E-state index contributed by atoms with van der Waals surface area (Å²) >= 11 is 0. The van der Waals surface area contributed by atoms with Crippen molar-refractivity contribution in [3.05, 3.63) is 0 Å². The summed E-state index contributed by atoms with van der Waals surface area (Å²) in [5, 5.41) is 39.0. The standard InChI is InChI=1S/C14H26O10/c1-19-10-7(24-13(18)12(21-3)11(10)20-2)5-23-14-9(17)8(16)6(15)4-22-14/h6-18H,4-5H2,1-3H3/t6-,7-,8+,9-,10+,11+,12-,13?,14+/m1/s1. The van der Waals surface area contributed by atoms with Crippen molar-refractivity contribution in [3.8, 4) is 0 Å². The second kappa shape index (κ2) is 8.81. The van der Waals surface area contributed by atoms with Crippen molar-refractivity contribution >= 4 is 0 Å². The van der Waals surface area contributed by atoms with Gasteiger partial charge in [-0.25, -0.2) is 0 Å². The van der Waals surface area contributed by atoms with Gasteiger partial charge in [0.15, 0.2) is 12.6 Å². The molecule has 2 rings (SSSR count). The Bertz CT molecular complexity index is 383. The topological polar surface area (TPSA) is 136 Å². The van der Waals surface area contributed by atoms with Gasteiger partial charge in [0.05, 0.1) is 13.2 Å². The van der Waals surface area contributed by atoms with E-state index in [4.69, 9.17) is 28.4 Å². The molecule has 142 valence electrons. The molecule has 0 aromatic rings. The summed E-state index contributed by atoms with van der Waals surface area (Å²) in [4.78, 5) is 0. The first-order valence-electron chi connectivity index (χ1n) is 7.63. The van der Waals surface area contributed by atoms with Gasteiger partial charge in [0.2, 0.25) is 0 Å². The molecule has 0 aromatic heterocycles. The molecule has 0 bridgehead atoms. The zero-order chi connectivity index (χ0) is 17.9. The van der Waals surface area contributed by atoms with Gasteiger partial charge in [0, 0.05) is 21.3 Å². The highest BCUT2D eigenvalue weighted by Gasteiger charge is 2.47. The van der Waals surface area contributed by atoms with Crippen molar-refractivity contribution in [2.75, 3.05) is 34.5 Å². The van der Waals surface area contributed by atoms with E-state index in [9.17, 15) is 20.4 Å². The van der Waals surface area contributed by atoms with E-state index >= 15 is 0 Å². The fraction of sp³-hybridized carbons (Fsp3) is 1.00. The van der Waals surface area contributed by atoms with Gasteiger partial charge in [-0.1, -0.05) is 0 Å². The van der Waals surface area contributed by atoms with Crippen LogP contribution in [0.3, 0.4) is 0 Å². The van der Waals surface area contributed by atoms with Crippen molar-refractivity contribution in [3.63, 3.8) is 0 Å². The SMILES string of the molecule is CO[C@@H]1[C@H](OC)[C@@H](OC)C(O)O[C@@H]1CO[C@@H]1OC[C@@H](O)[C@H](O)[C@H]1O. The minimum Gasteiger partial charge on any atom is -0.388 e. The van der Waals surface area contributed by atoms with Crippen LogP contribution in [0.5, 0.6) is 0 Å². The Morgan fingerprint density at radius 2 is 1.50 bits per heavy atom. The molecule has 10 heteroatoms. The summed E-state index contributed by atoms with van der Waals surface area (Å²) < 4.78 is 31.9. The maximum Gasteiger partial charge on any atom is 0.186 e. The molecule has 2 fully saturated rings. The average molecular weight is 354 g/mol. The Morgan fingerprint density at radius 3 is 2.08 bits per heavy atom. The fourth-order valence-corrected chi connectivity index (χ4v) is 2.95. The second-order valence-corrected chi connectivity index (χ2v) is 5.75. The zero-order valence-corrected chi connectivity index (χ0v) is 13.8. The Morgan fingerprint density at radius 1 is 0.875 bits per heavy atom. The lowest BCUT2D eigenvalue weighted by Crippen LogP contribution is -2.61. The lowest BCUT2D eigenvalue weighted by atomic mass is 9.98. The third-order valence-electron chi connectivity index (χ3n) is 4.30. The van der Waals surface area contributed by atoms with E-state index in [0.717, 1.165) is 0 Å². The summed E-state index contributed by atoms with van der Waals surface area (Å²) in [6.07, 6.45) is -8.99. The Balaban J connectivity index is 1.98. The third-order valence-corrected chi connectivity index (χ3v) is 4.30. The molecule has 0 spiro atoms. The molecule has 4 N–H and O–H groups in total. The van der Waals surface area contributed by atoms with E-state index in [0.29, 0.717) is 0 Å². The summed E-state index contributed by atoms with van der Waals surface area (Å²) in [5.74, 6) is 0. The van der Waals surface area contributed by atoms with Crippen molar-refractivity contribution < 1.29 is 48.8 Å². The van der Waals surface area contributed by atoms with Crippen molar-refractivity contribution in [1.82, 2.24) is 0 Å². The minimum atomic E-state index is -1.41. The summed E-state index contributed by atoms with van der Waals surface area (Å²) in [6, 6.07) is 0. The van der Waals surface area contributed by atoms with Crippen molar-refractivity contribution in [2.45, 2.75) is 55.3 Å². The highest BCUT2D eigenvalue weighted by molar-refractivity contribution is 4.92. The lowest BCUT2D eigenvalue weighted by Gasteiger charge is -2.43. The van der Waals surface area contributed by atoms with Crippen LogP contribution in [0.15, 0.2) is 0 Å². The lowest BCUT2D eigenvalue weighted by molar-refractivity contribution is -0.320. The molecule has 2 heterocycles. The molecule has 0 amide bonds. The maximum atomic E-state index is 10.0. The van der Waals surface area contributed by atoms with Crippen LogP contribution < -0.4 is 0 Å². The predicted molar refractivity (Wildman–Crippen MR) is 77.0 cm³/mol. The van der Waals surface area contributed by atoms with Crippen molar-refractivity contribution in [2.24, 2.45) is 0 Å². The molecule has 9 atom stereocenters. The molecule has 10 nitrogen and oxygen atoms in total. The molecule has 0 aliphatic carbocycles. The van der Waals surface area contributed by atoms with E-state index in [1.165, 1.54) is 21.3 Å². The van der Waals surface area contributed by atoms with Crippen LogP contribution in [-0.2, 0) is 28.4 Å². The summed E-state index contributed by atoms with van der Waals surface area (Å²) in [7, 11) is 4.35. The van der Waals surface area contributed by atoms with Crippen molar-refractivity contribution in [1.29, 1.82) is 0 Å². The van der Waals surface area contributed by atoms with E-state index in [1.807, 2.05) is 0 Å². The molecule has 2 aliphatic rings. The van der Waals surface area contributed by atoms with Crippen LogP contribution in [0.1, 0.15) is 0 Å². The summed E-state index contributed by atoms with van der Waals surface area (Å²) in [6.45, 7) is -0.270. The van der Waals surface area contributed by atoms with E-state index < -0.39 is 55.3 Å². The highest BCUT2D eigenvalue weighted by Crippen LogP contribution is 2.27. The first kappa shape index (κ1) is 19.9. The van der Waals surface area contributed by atoms with Gasteiger partial charge in [-0.3, -0.25) is 0 Å². The third kappa shape index (κ3) is 4.05. The average Bonchev–Trinajstić information content (AvgIpc) is 2.58. The van der Waals surface area contributed by atoms with Gasteiger partial charge in [-0.15, -0.1) is 0 Å². The molecular weight excluding hydrogens is 328 g/mol. The second-order valence-electron chi connectivity index (χ2n) is 5.75. The van der Waals surface area contributed by atoms with E-state index in [2.05, 4.69) is 0 Å². The van der Waals surface area contributed by atoms with E-state index in [-0.39, 0.29) is 13.2 Å². The minimum absolute atomic E-state index is 0.101. The van der Waals surface area contributed by atoms with Crippen LogP contribution >= 0.6 is 0 Å². The number of ether oxygens (including phenoxy) is 6. The molecule has 0 aromatic carbocycles. The van der Waals surface area contributed by atoms with Crippen LogP contribution in [-0.4, -0.2) is 110 Å². The van der Waals surface area contributed by atoms with Crippen LogP contribution in [0.2, 0.25) is 0 Å². The Labute approximate surface area is 139 Å². The van der Waals surface area contributed by atoms with Gasteiger partial charge in [-0.05, 0) is 0 Å². The monoisotopic (exact) mass is 354 g/mol. The van der Waals surface area contributed by atoms with E-state index in [1.54, 1.807) is 0 Å². The zero-order valence-electron chi connectivity index (χ0n) is 13.8. The quantitative estimate of drug-likeness (QED) is 0.396. The van der Waals surface area contributed by atoms with Gasteiger partial charge in [0.1, 0.15) is 42.7 Å². The number of methoxy groups -OCH3 is 3. The Kier molecular flexibility index (Phi) is 7.31. The largest absolute Gasteiger partial charge is 0.388 e. The van der Waals surface area contributed by atoms with Gasteiger partial charge < -0.3 is 48.8 Å². The van der Waals surface area contributed by atoms with Gasteiger partial charge >= 0.3 is 0 Å². The number of aliphatic hydroxyl groups excluding tert-OH is 4. The predicted octanol–water partition coefficient (Wildman–Crippen LogP) is -2.80. The maximum absolute atomic E-state index is 10.0. The van der Waals surface area contributed by atoms with Crippen LogP contribution in [0.4, 0.5) is 0 Å². The number of hydrogen-bond acceptors (Lipinski definition) is 10. The van der Waals surface area contributed by atoms with Crippen LogP contribution in [0.25, 0.3) is 0 Å². The smallest absolute Gasteiger partial charge is 0.186 e. The normalized spacial score (nSPS) is 46.9. The number of hydrogen-bond donors (Lipinski definition) is 4. The number of rotatable bonds is 6.